The van der Waals surface area contributed by atoms with Crippen molar-refractivity contribution in [3.63, 3.8) is 0 Å². The Morgan fingerprint density at radius 1 is 1.14 bits per heavy atom. The van der Waals surface area contributed by atoms with Gasteiger partial charge in [0.15, 0.2) is 17.1 Å². The maximum atomic E-state index is 5.64. The molecule has 0 amide bonds. The third-order valence-corrected chi connectivity index (χ3v) is 3.30. The lowest BCUT2D eigenvalue weighted by atomic mass is 10.2. The molecule has 0 spiro atoms. The van der Waals surface area contributed by atoms with Crippen molar-refractivity contribution in [2.24, 2.45) is 0 Å². The average molecular weight is 299 g/mol. The van der Waals surface area contributed by atoms with E-state index in [-0.39, 0.29) is 5.95 Å². The van der Waals surface area contributed by atoms with Crippen LogP contribution in [-0.4, -0.2) is 28.8 Å². The molecular formula is C15H17N5O2. The number of fused-ring (bicyclic) bond motifs is 1. The smallest absolute Gasteiger partial charge is 0.240 e. The van der Waals surface area contributed by atoms with E-state index >= 15 is 0 Å². The zero-order valence-corrected chi connectivity index (χ0v) is 12.4. The maximum absolute atomic E-state index is 5.64. The highest BCUT2D eigenvalue weighted by atomic mass is 16.5. The molecule has 7 heteroatoms. The number of nitrogens with two attached hydrogens (primary N) is 1. The number of nitrogens with zero attached hydrogens (tertiary/aromatic N) is 3. The summed E-state index contributed by atoms with van der Waals surface area (Å²) in [5.41, 5.74) is 7.40. The molecule has 0 bridgehead atoms. The second-order valence-electron chi connectivity index (χ2n) is 4.69. The molecule has 2 heterocycles. The number of rotatable bonds is 5. The lowest BCUT2D eigenvalue weighted by Crippen LogP contribution is -2.05. The molecule has 0 saturated carbocycles. The van der Waals surface area contributed by atoms with Crippen LogP contribution in [0.15, 0.2) is 36.4 Å². The van der Waals surface area contributed by atoms with Gasteiger partial charge in [0, 0.05) is 6.54 Å². The molecule has 0 aliphatic rings. The van der Waals surface area contributed by atoms with E-state index in [9.17, 15) is 0 Å². The number of hydrogen-bond acceptors (Lipinski definition) is 6. The quantitative estimate of drug-likeness (QED) is 0.748. The highest BCUT2D eigenvalue weighted by Gasteiger charge is 2.07. The van der Waals surface area contributed by atoms with Gasteiger partial charge >= 0.3 is 0 Å². The third kappa shape index (κ3) is 2.60. The molecular weight excluding hydrogens is 282 g/mol. The Morgan fingerprint density at radius 3 is 2.73 bits per heavy atom. The molecule has 3 aromatic rings. The fourth-order valence-electron chi connectivity index (χ4n) is 2.24. The molecule has 3 rings (SSSR count). The van der Waals surface area contributed by atoms with E-state index in [1.807, 2.05) is 36.4 Å². The fraction of sp³-hybridized carbons (Fsp3) is 0.200. The van der Waals surface area contributed by atoms with Gasteiger partial charge < -0.3 is 20.5 Å². The topological polar surface area (TPSA) is 86.7 Å². The molecule has 2 aromatic heterocycles. The van der Waals surface area contributed by atoms with Crippen molar-refractivity contribution in [3.05, 3.63) is 42.0 Å². The Hall–Kier alpha value is -2.96. The number of aromatic nitrogens is 3. The molecule has 0 atom stereocenters. The summed E-state index contributed by atoms with van der Waals surface area (Å²) in [7, 11) is 3.24. The molecule has 0 saturated heterocycles. The van der Waals surface area contributed by atoms with Gasteiger partial charge in [-0.1, -0.05) is 12.1 Å². The molecule has 22 heavy (non-hydrogen) atoms. The number of nitrogen functional groups attached to an aromatic ring is 1. The number of nitrogens with one attached hydrogen (secondary N) is 1. The van der Waals surface area contributed by atoms with Crippen LogP contribution >= 0.6 is 0 Å². The minimum Gasteiger partial charge on any atom is -0.493 e. The van der Waals surface area contributed by atoms with E-state index in [4.69, 9.17) is 15.2 Å². The number of benzene rings is 1. The number of methoxy groups -OCH3 is 2. The Labute approximate surface area is 127 Å². The van der Waals surface area contributed by atoms with Crippen LogP contribution in [0.1, 0.15) is 5.56 Å². The van der Waals surface area contributed by atoms with Gasteiger partial charge in [-0.25, -0.2) is 0 Å². The minimum atomic E-state index is 0.250. The first kappa shape index (κ1) is 14.0. The first-order valence-corrected chi connectivity index (χ1v) is 6.77. The van der Waals surface area contributed by atoms with E-state index in [1.54, 1.807) is 18.7 Å². The summed E-state index contributed by atoms with van der Waals surface area (Å²) in [6.45, 7) is 0.610. The van der Waals surface area contributed by atoms with Crippen LogP contribution in [0.5, 0.6) is 11.5 Å². The van der Waals surface area contributed by atoms with Crippen molar-refractivity contribution in [3.8, 4) is 11.5 Å². The third-order valence-electron chi connectivity index (χ3n) is 3.30. The van der Waals surface area contributed by atoms with Crippen molar-refractivity contribution >= 4 is 17.4 Å². The number of anilines is 2. The number of pyridine rings is 1. The molecule has 0 fully saturated rings. The summed E-state index contributed by atoms with van der Waals surface area (Å²) in [5.74, 6) is 2.47. The normalized spacial score (nSPS) is 10.6. The van der Waals surface area contributed by atoms with E-state index < -0.39 is 0 Å². The van der Waals surface area contributed by atoms with Crippen LogP contribution < -0.4 is 20.5 Å². The van der Waals surface area contributed by atoms with Gasteiger partial charge in [0.05, 0.1) is 14.2 Å². The Bertz CT molecular complexity index is 800. The van der Waals surface area contributed by atoms with E-state index in [2.05, 4.69) is 15.4 Å². The predicted molar refractivity (Wildman–Crippen MR) is 84.3 cm³/mol. The summed E-state index contributed by atoms with van der Waals surface area (Å²) in [6, 6.07) is 11.5. The van der Waals surface area contributed by atoms with Crippen molar-refractivity contribution in [2.45, 2.75) is 6.54 Å². The van der Waals surface area contributed by atoms with Crippen LogP contribution in [0.4, 0.5) is 11.8 Å². The summed E-state index contributed by atoms with van der Waals surface area (Å²) in [5, 5.41) is 7.48. The highest BCUT2D eigenvalue weighted by Crippen LogP contribution is 2.27. The van der Waals surface area contributed by atoms with E-state index in [0.29, 0.717) is 23.7 Å². The van der Waals surface area contributed by atoms with Crippen molar-refractivity contribution in [1.29, 1.82) is 0 Å². The van der Waals surface area contributed by atoms with Crippen molar-refractivity contribution in [1.82, 2.24) is 14.6 Å². The van der Waals surface area contributed by atoms with Crippen LogP contribution in [0.2, 0.25) is 0 Å². The van der Waals surface area contributed by atoms with Crippen LogP contribution in [0.25, 0.3) is 5.65 Å². The SMILES string of the molecule is COc1ccc(CNc2cccc3nc(N)nn23)cc1OC. The second-order valence-corrected chi connectivity index (χ2v) is 4.69. The largest absolute Gasteiger partial charge is 0.493 e. The number of ether oxygens (including phenoxy) is 2. The molecule has 3 N–H and O–H groups in total. The van der Waals surface area contributed by atoms with Gasteiger partial charge in [-0.05, 0) is 29.8 Å². The number of hydrogen-bond donors (Lipinski definition) is 2. The molecule has 0 unspecified atom stereocenters. The minimum absolute atomic E-state index is 0.250. The maximum Gasteiger partial charge on any atom is 0.240 e. The van der Waals surface area contributed by atoms with Gasteiger partial charge in [-0.15, -0.1) is 5.10 Å². The van der Waals surface area contributed by atoms with Crippen LogP contribution in [0.3, 0.4) is 0 Å². The predicted octanol–water partition coefficient (Wildman–Crippen LogP) is 1.94. The zero-order valence-electron chi connectivity index (χ0n) is 12.4. The fourth-order valence-corrected chi connectivity index (χ4v) is 2.24. The summed E-state index contributed by atoms with van der Waals surface area (Å²) < 4.78 is 12.2. The second kappa shape index (κ2) is 5.80. The van der Waals surface area contributed by atoms with Crippen LogP contribution in [-0.2, 0) is 6.54 Å². The molecule has 7 nitrogen and oxygen atoms in total. The summed E-state index contributed by atoms with van der Waals surface area (Å²) in [4.78, 5) is 4.13. The Morgan fingerprint density at radius 2 is 1.95 bits per heavy atom. The monoisotopic (exact) mass is 299 g/mol. The molecule has 0 aliphatic carbocycles. The van der Waals surface area contributed by atoms with Gasteiger partial charge in [0.1, 0.15) is 5.82 Å². The van der Waals surface area contributed by atoms with Gasteiger partial charge in [0.2, 0.25) is 5.95 Å². The standard InChI is InChI=1S/C15H17N5O2/c1-21-11-7-6-10(8-12(11)22-2)9-17-13-4-3-5-14-18-15(16)19-20(13)14/h3-8,17H,9H2,1-2H3,(H2,16,19). The van der Waals surface area contributed by atoms with Gasteiger partial charge in [-0.3, -0.25) is 0 Å². The average Bonchev–Trinajstić information content (AvgIpc) is 2.93. The first-order chi connectivity index (χ1) is 10.7. The Kier molecular flexibility index (Phi) is 3.69. The van der Waals surface area contributed by atoms with E-state index in [0.717, 1.165) is 11.4 Å². The lowest BCUT2D eigenvalue weighted by molar-refractivity contribution is 0.354. The first-order valence-electron chi connectivity index (χ1n) is 6.77. The zero-order chi connectivity index (χ0) is 15.5. The molecule has 0 aliphatic heterocycles. The summed E-state index contributed by atoms with van der Waals surface area (Å²) in [6.07, 6.45) is 0. The van der Waals surface area contributed by atoms with Crippen molar-refractivity contribution in [2.75, 3.05) is 25.3 Å². The molecule has 114 valence electrons. The van der Waals surface area contributed by atoms with Gasteiger partial charge in [-0.2, -0.15) is 9.50 Å². The Balaban J connectivity index is 1.82. The highest BCUT2D eigenvalue weighted by molar-refractivity contribution is 5.51. The van der Waals surface area contributed by atoms with E-state index in [1.165, 1.54) is 0 Å². The summed E-state index contributed by atoms with van der Waals surface area (Å²) >= 11 is 0. The van der Waals surface area contributed by atoms with Gasteiger partial charge in [0.25, 0.3) is 0 Å². The molecule has 0 radical (unpaired) electrons. The molecule has 1 aromatic carbocycles. The lowest BCUT2D eigenvalue weighted by Gasteiger charge is -2.11. The van der Waals surface area contributed by atoms with Crippen molar-refractivity contribution < 1.29 is 9.47 Å². The van der Waals surface area contributed by atoms with Crippen LogP contribution in [0, 0.1) is 0 Å².